The highest BCUT2D eigenvalue weighted by molar-refractivity contribution is 5.94. The molecule has 104 valence electrons. The summed E-state index contributed by atoms with van der Waals surface area (Å²) in [5, 5.41) is 14.4. The highest BCUT2D eigenvalue weighted by Gasteiger charge is 2.31. The maximum atomic E-state index is 12.6. The van der Waals surface area contributed by atoms with Gasteiger partial charge in [0, 0.05) is 6.54 Å². The quantitative estimate of drug-likeness (QED) is 0.871. The molecule has 0 aliphatic carbocycles. The molecular weight excluding hydrogens is 258 g/mol. The number of aromatic amines is 1. The van der Waals surface area contributed by atoms with Crippen LogP contribution in [0.1, 0.15) is 27.7 Å². The molecule has 7 heteroatoms. The maximum absolute atomic E-state index is 12.6. The lowest BCUT2D eigenvalue weighted by Crippen LogP contribution is -2.43. The van der Waals surface area contributed by atoms with E-state index in [-0.39, 0.29) is 11.9 Å². The molecule has 0 radical (unpaired) electrons. The second kappa shape index (κ2) is 5.38. The molecule has 1 aliphatic rings. The van der Waals surface area contributed by atoms with E-state index in [2.05, 4.69) is 20.4 Å². The van der Waals surface area contributed by atoms with Gasteiger partial charge in [0.2, 0.25) is 0 Å². The minimum atomic E-state index is -0.146. The summed E-state index contributed by atoms with van der Waals surface area (Å²) >= 11 is 0. The van der Waals surface area contributed by atoms with Crippen LogP contribution in [0.5, 0.6) is 0 Å². The second-order valence-electron chi connectivity index (χ2n) is 4.69. The summed E-state index contributed by atoms with van der Waals surface area (Å²) in [5.41, 5.74) is 2.47. The zero-order valence-electron chi connectivity index (χ0n) is 11.1. The molecule has 0 bridgehead atoms. The van der Waals surface area contributed by atoms with Crippen molar-refractivity contribution < 1.29 is 9.53 Å². The smallest absolute Gasteiger partial charge is 0.256 e. The van der Waals surface area contributed by atoms with E-state index < -0.39 is 0 Å². The van der Waals surface area contributed by atoms with Gasteiger partial charge in [0.15, 0.2) is 0 Å². The molecule has 2 aromatic rings. The summed E-state index contributed by atoms with van der Waals surface area (Å²) < 4.78 is 5.51. The summed E-state index contributed by atoms with van der Waals surface area (Å²) in [5.74, 6) is -0.0674. The van der Waals surface area contributed by atoms with Crippen LogP contribution in [0, 0.1) is 6.92 Å². The zero-order valence-corrected chi connectivity index (χ0v) is 11.1. The first-order chi connectivity index (χ1) is 9.77. The van der Waals surface area contributed by atoms with Crippen molar-refractivity contribution in [2.24, 2.45) is 0 Å². The summed E-state index contributed by atoms with van der Waals surface area (Å²) in [6.45, 7) is 3.51. The van der Waals surface area contributed by atoms with Gasteiger partial charge < -0.3 is 9.64 Å². The second-order valence-corrected chi connectivity index (χ2v) is 4.69. The van der Waals surface area contributed by atoms with Gasteiger partial charge in [-0.2, -0.15) is 15.3 Å². The Hall–Kier alpha value is -2.28. The van der Waals surface area contributed by atoms with E-state index in [9.17, 15) is 4.79 Å². The SMILES string of the molecule is Cc1cn[nH]c1C1COCCN1C(=O)c1ccnnc1. The number of ether oxygens (including phenoxy) is 1. The van der Waals surface area contributed by atoms with Crippen LogP contribution in [-0.4, -0.2) is 51.0 Å². The lowest BCUT2D eigenvalue weighted by atomic mass is 10.1. The van der Waals surface area contributed by atoms with Crippen LogP contribution in [-0.2, 0) is 4.74 Å². The van der Waals surface area contributed by atoms with Gasteiger partial charge >= 0.3 is 0 Å². The number of rotatable bonds is 2. The van der Waals surface area contributed by atoms with Crippen LogP contribution < -0.4 is 0 Å². The molecular formula is C13H15N5O2. The molecule has 1 saturated heterocycles. The highest BCUT2D eigenvalue weighted by atomic mass is 16.5. The van der Waals surface area contributed by atoms with E-state index in [1.807, 2.05) is 6.92 Å². The van der Waals surface area contributed by atoms with Crippen LogP contribution in [0.15, 0.2) is 24.7 Å². The fourth-order valence-electron chi connectivity index (χ4n) is 2.36. The molecule has 0 spiro atoms. The number of H-pyrrole nitrogens is 1. The number of carbonyl (C=O) groups is 1. The molecule has 0 aromatic carbocycles. The Balaban J connectivity index is 1.90. The van der Waals surface area contributed by atoms with E-state index in [1.54, 1.807) is 17.2 Å². The normalized spacial score (nSPS) is 19.1. The standard InChI is InChI=1S/C13H15N5O2/c1-9-6-16-17-12(9)11-8-20-5-4-18(11)13(19)10-2-3-14-15-7-10/h2-3,6-7,11H,4-5,8H2,1H3,(H,16,17). The van der Waals surface area contributed by atoms with Gasteiger partial charge in [-0.25, -0.2) is 0 Å². The van der Waals surface area contributed by atoms with Gasteiger partial charge in [-0.1, -0.05) is 0 Å². The fraction of sp³-hybridized carbons (Fsp3) is 0.385. The van der Waals surface area contributed by atoms with Crippen molar-refractivity contribution in [2.75, 3.05) is 19.8 Å². The van der Waals surface area contributed by atoms with Crippen molar-refractivity contribution in [1.82, 2.24) is 25.3 Å². The van der Waals surface area contributed by atoms with Crippen LogP contribution in [0.25, 0.3) is 0 Å². The van der Waals surface area contributed by atoms with Crippen LogP contribution in [0.3, 0.4) is 0 Å². The lowest BCUT2D eigenvalue weighted by Gasteiger charge is -2.35. The number of nitrogens with zero attached hydrogens (tertiary/aromatic N) is 4. The van der Waals surface area contributed by atoms with E-state index in [4.69, 9.17) is 4.74 Å². The average molecular weight is 273 g/mol. The van der Waals surface area contributed by atoms with E-state index in [0.717, 1.165) is 11.3 Å². The Bertz CT molecular complexity index is 598. The molecule has 2 aromatic heterocycles. The summed E-state index contributed by atoms with van der Waals surface area (Å²) in [6.07, 6.45) is 4.75. The monoisotopic (exact) mass is 273 g/mol. The van der Waals surface area contributed by atoms with Gasteiger partial charge in [0.1, 0.15) is 0 Å². The number of carbonyl (C=O) groups excluding carboxylic acids is 1. The van der Waals surface area contributed by atoms with Crippen molar-refractivity contribution in [3.63, 3.8) is 0 Å². The third kappa shape index (κ3) is 2.27. The largest absolute Gasteiger partial charge is 0.377 e. The number of morpholine rings is 1. The number of aryl methyl sites for hydroxylation is 1. The predicted molar refractivity (Wildman–Crippen MR) is 70.0 cm³/mol. The van der Waals surface area contributed by atoms with E-state index in [0.29, 0.717) is 25.3 Å². The molecule has 1 amide bonds. The molecule has 7 nitrogen and oxygen atoms in total. The van der Waals surface area contributed by atoms with E-state index in [1.165, 1.54) is 12.4 Å². The molecule has 20 heavy (non-hydrogen) atoms. The highest BCUT2D eigenvalue weighted by Crippen LogP contribution is 2.26. The first kappa shape index (κ1) is 12.7. The van der Waals surface area contributed by atoms with Crippen molar-refractivity contribution in [2.45, 2.75) is 13.0 Å². The first-order valence-corrected chi connectivity index (χ1v) is 6.42. The summed E-state index contributed by atoms with van der Waals surface area (Å²) in [4.78, 5) is 14.4. The number of hydrogen-bond donors (Lipinski definition) is 1. The van der Waals surface area contributed by atoms with Crippen LogP contribution in [0.4, 0.5) is 0 Å². The van der Waals surface area contributed by atoms with Crippen molar-refractivity contribution in [1.29, 1.82) is 0 Å². The third-order valence-corrected chi connectivity index (χ3v) is 3.42. The number of hydrogen-bond acceptors (Lipinski definition) is 5. The molecule has 1 fully saturated rings. The maximum Gasteiger partial charge on any atom is 0.256 e. The molecule has 1 unspecified atom stereocenters. The number of nitrogens with one attached hydrogen (secondary N) is 1. The minimum absolute atomic E-state index is 0.0674. The van der Waals surface area contributed by atoms with Crippen molar-refractivity contribution in [3.8, 4) is 0 Å². The first-order valence-electron chi connectivity index (χ1n) is 6.42. The van der Waals surface area contributed by atoms with Gasteiger partial charge in [-0.15, -0.1) is 0 Å². The average Bonchev–Trinajstić information content (AvgIpc) is 2.93. The van der Waals surface area contributed by atoms with Crippen LogP contribution in [0.2, 0.25) is 0 Å². The fourth-order valence-corrected chi connectivity index (χ4v) is 2.36. The Morgan fingerprint density at radius 1 is 1.45 bits per heavy atom. The summed E-state index contributed by atoms with van der Waals surface area (Å²) in [7, 11) is 0. The Morgan fingerprint density at radius 2 is 2.35 bits per heavy atom. The van der Waals surface area contributed by atoms with Gasteiger partial charge in [0.25, 0.3) is 5.91 Å². The topological polar surface area (TPSA) is 84.0 Å². The third-order valence-electron chi connectivity index (χ3n) is 3.42. The molecule has 0 saturated carbocycles. The molecule has 1 N–H and O–H groups in total. The Kier molecular flexibility index (Phi) is 3.42. The lowest BCUT2D eigenvalue weighted by molar-refractivity contribution is -0.00410. The zero-order chi connectivity index (χ0) is 13.9. The van der Waals surface area contributed by atoms with Crippen molar-refractivity contribution >= 4 is 5.91 Å². The van der Waals surface area contributed by atoms with Gasteiger partial charge in [-0.05, 0) is 18.6 Å². The Labute approximate surface area is 116 Å². The van der Waals surface area contributed by atoms with Crippen molar-refractivity contribution in [3.05, 3.63) is 41.5 Å². The molecule has 3 rings (SSSR count). The van der Waals surface area contributed by atoms with Gasteiger partial charge in [-0.3, -0.25) is 9.89 Å². The van der Waals surface area contributed by atoms with Crippen LogP contribution >= 0.6 is 0 Å². The minimum Gasteiger partial charge on any atom is -0.377 e. The molecule has 1 aliphatic heterocycles. The van der Waals surface area contributed by atoms with E-state index >= 15 is 0 Å². The van der Waals surface area contributed by atoms with Gasteiger partial charge in [0.05, 0.1) is 49.1 Å². The predicted octanol–water partition coefficient (Wildman–Crippen LogP) is 0.722. The molecule has 3 heterocycles. The molecule has 1 atom stereocenters. The number of amides is 1. The number of aromatic nitrogens is 4. The Morgan fingerprint density at radius 3 is 3.05 bits per heavy atom. The summed E-state index contributed by atoms with van der Waals surface area (Å²) in [6, 6.07) is 1.52.